The van der Waals surface area contributed by atoms with Crippen molar-refractivity contribution >= 4 is 11.9 Å². The molecule has 1 aliphatic carbocycles. The molecule has 0 N–H and O–H groups in total. The van der Waals surface area contributed by atoms with Crippen molar-refractivity contribution in [3.8, 4) is 0 Å². The Morgan fingerprint density at radius 3 is 1.78 bits per heavy atom. The van der Waals surface area contributed by atoms with Gasteiger partial charge in [0.1, 0.15) is 0 Å². The number of hydrogen-bond donors (Lipinski definition) is 0. The molecular formula is C14H18O4. The van der Waals surface area contributed by atoms with Gasteiger partial charge in [0.05, 0.1) is 13.2 Å². The highest BCUT2D eigenvalue weighted by Crippen LogP contribution is 2.21. The van der Waals surface area contributed by atoms with Crippen LogP contribution in [-0.2, 0) is 19.1 Å². The lowest BCUT2D eigenvalue weighted by atomic mass is 9.91. The third kappa shape index (κ3) is 3.87. The van der Waals surface area contributed by atoms with Crippen molar-refractivity contribution in [1.29, 1.82) is 0 Å². The largest absolute Gasteiger partial charge is 0.465 e. The first-order valence-corrected chi connectivity index (χ1v) is 6.05. The van der Waals surface area contributed by atoms with Crippen LogP contribution in [0.3, 0.4) is 0 Å². The molecule has 0 saturated heterocycles. The first-order chi connectivity index (χ1) is 8.70. The Morgan fingerprint density at radius 1 is 0.944 bits per heavy atom. The van der Waals surface area contributed by atoms with Gasteiger partial charge in [-0.2, -0.15) is 0 Å². The molecule has 0 bridgehead atoms. The summed E-state index contributed by atoms with van der Waals surface area (Å²) in [6.07, 6.45) is 10.9. The molecule has 0 atom stereocenters. The predicted octanol–water partition coefficient (Wildman–Crippen LogP) is 2.03. The number of carbonyl (C=O) groups excluding carboxylic acids is 2. The molecule has 0 fully saturated rings. The average molecular weight is 250 g/mol. The Kier molecular flexibility index (Phi) is 5.91. The fraction of sp³-hybridized carbons (Fsp3) is 0.429. The van der Waals surface area contributed by atoms with E-state index in [-0.39, 0.29) is 19.1 Å². The molecule has 0 amide bonds. The monoisotopic (exact) mass is 250 g/mol. The molecule has 18 heavy (non-hydrogen) atoms. The number of allylic oxidation sites excluding steroid dienone is 6. The summed E-state index contributed by atoms with van der Waals surface area (Å²) in [5, 5.41) is 0. The molecule has 4 heteroatoms. The number of esters is 2. The van der Waals surface area contributed by atoms with E-state index in [0.29, 0.717) is 0 Å². The minimum absolute atomic E-state index is 0.243. The molecule has 1 aliphatic rings. The Labute approximate surface area is 107 Å². The van der Waals surface area contributed by atoms with Crippen LogP contribution in [0.4, 0.5) is 0 Å². The van der Waals surface area contributed by atoms with Crippen LogP contribution in [0.1, 0.15) is 13.8 Å². The van der Waals surface area contributed by atoms with E-state index in [1.807, 2.05) is 12.2 Å². The van der Waals surface area contributed by atoms with Crippen molar-refractivity contribution in [3.63, 3.8) is 0 Å². The van der Waals surface area contributed by atoms with Gasteiger partial charge in [-0.1, -0.05) is 36.5 Å². The van der Waals surface area contributed by atoms with E-state index < -0.39 is 17.9 Å². The Bertz CT molecular complexity index is 345. The van der Waals surface area contributed by atoms with Crippen LogP contribution in [0.5, 0.6) is 0 Å². The highest BCUT2D eigenvalue weighted by Gasteiger charge is 2.34. The maximum absolute atomic E-state index is 11.9. The lowest BCUT2D eigenvalue weighted by Crippen LogP contribution is -2.33. The van der Waals surface area contributed by atoms with Crippen molar-refractivity contribution in [1.82, 2.24) is 0 Å². The van der Waals surface area contributed by atoms with Gasteiger partial charge < -0.3 is 9.47 Å². The third-order valence-electron chi connectivity index (χ3n) is 2.47. The van der Waals surface area contributed by atoms with Crippen molar-refractivity contribution in [2.24, 2.45) is 11.8 Å². The van der Waals surface area contributed by atoms with E-state index in [9.17, 15) is 9.59 Å². The van der Waals surface area contributed by atoms with Gasteiger partial charge >= 0.3 is 11.9 Å². The fourth-order valence-electron chi connectivity index (χ4n) is 1.67. The van der Waals surface area contributed by atoms with Gasteiger partial charge in [-0.3, -0.25) is 9.59 Å². The topological polar surface area (TPSA) is 52.6 Å². The summed E-state index contributed by atoms with van der Waals surface area (Å²) < 4.78 is 9.88. The molecule has 0 aromatic carbocycles. The third-order valence-corrected chi connectivity index (χ3v) is 2.47. The molecule has 0 unspecified atom stereocenters. The minimum Gasteiger partial charge on any atom is -0.465 e. The maximum Gasteiger partial charge on any atom is 0.321 e. The van der Waals surface area contributed by atoms with E-state index in [4.69, 9.17) is 9.47 Å². The second-order valence-corrected chi connectivity index (χ2v) is 3.71. The molecule has 98 valence electrons. The van der Waals surface area contributed by atoms with Crippen LogP contribution >= 0.6 is 0 Å². The van der Waals surface area contributed by atoms with E-state index in [1.165, 1.54) is 0 Å². The average Bonchev–Trinajstić information content (AvgIpc) is 2.59. The lowest BCUT2D eigenvalue weighted by molar-refractivity contribution is -0.162. The standard InChI is InChI=1S/C14H18O4/c1-3-17-13(15)12(14(16)18-4-2)11-9-7-5-6-8-10-11/h5-12H,3-4H2,1-2H3. The Morgan fingerprint density at radius 2 is 1.39 bits per heavy atom. The Hall–Kier alpha value is -1.84. The van der Waals surface area contributed by atoms with Gasteiger partial charge in [-0.25, -0.2) is 0 Å². The van der Waals surface area contributed by atoms with Gasteiger partial charge in [0.15, 0.2) is 5.92 Å². The van der Waals surface area contributed by atoms with Crippen molar-refractivity contribution in [3.05, 3.63) is 36.5 Å². The number of ether oxygens (including phenoxy) is 2. The summed E-state index contributed by atoms with van der Waals surface area (Å²) >= 11 is 0. The van der Waals surface area contributed by atoms with Crippen LogP contribution in [0.15, 0.2) is 36.5 Å². The molecule has 0 saturated carbocycles. The van der Waals surface area contributed by atoms with E-state index in [1.54, 1.807) is 38.2 Å². The molecule has 0 radical (unpaired) electrons. The zero-order chi connectivity index (χ0) is 13.4. The summed E-state index contributed by atoms with van der Waals surface area (Å²) in [6.45, 7) is 3.90. The fourth-order valence-corrected chi connectivity index (χ4v) is 1.67. The minimum atomic E-state index is -0.933. The Balaban J connectivity index is 2.89. The van der Waals surface area contributed by atoms with Gasteiger partial charge in [-0.15, -0.1) is 0 Å². The molecule has 0 aromatic rings. The van der Waals surface area contributed by atoms with Gasteiger partial charge in [0.25, 0.3) is 0 Å². The SMILES string of the molecule is CCOC(=O)C(C(=O)OCC)C1C=CC=CC=C1. The number of carbonyl (C=O) groups is 2. The summed E-state index contributed by atoms with van der Waals surface area (Å²) in [6, 6.07) is 0. The van der Waals surface area contributed by atoms with E-state index in [2.05, 4.69) is 0 Å². The molecule has 0 spiro atoms. The highest BCUT2D eigenvalue weighted by molar-refractivity contribution is 5.95. The van der Waals surface area contributed by atoms with E-state index >= 15 is 0 Å². The van der Waals surface area contributed by atoms with Gasteiger partial charge in [-0.05, 0) is 13.8 Å². The normalized spacial score (nSPS) is 14.6. The van der Waals surface area contributed by atoms with Crippen LogP contribution in [0, 0.1) is 11.8 Å². The van der Waals surface area contributed by atoms with Crippen molar-refractivity contribution < 1.29 is 19.1 Å². The summed E-state index contributed by atoms with van der Waals surface area (Å²) in [5.41, 5.74) is 0. The second-order valence-electron chi connectivity index (χ2n) is 3.71. The molecule has 0 aromatic heterocycles. The quantitative estimate of drug-likeness (QED) is 0.553. The molecule has 0 aliphatic heterocycles. The zero-order valence-electron chi connectivity index (χ0n) is 10.7. The van der Waals surface area contributed by atoms with Crippen LogP contribution in [0.2, 0.25) is 0 Å². The highest BCUT2D eigenvalue weighted by atomic mass is 16.6. The van der Waals surface area contributed by atoms with Crippen LogP contribution < -0.4 is 0 Å². The zero-order valence-corrected chi connectivity index (χ0v) is 10.7. The number of rotatable bonds is 5. The van der Waals surface area contributed by atoms with E-state index in [0.717, 1.165) is 0 Å². The molecule has 1 rings (SSSR count). The van der Waals surface area contributed by atoms with Crippen LogP contribution in [-0.4, -0.2) is 25.2 Å². The first-order valence-electron chi connectivity index (χ1n) is 6.05. The first kappa shape index (κ1) is 14.2. The second kappa shape index (κ2) is 7.48. The maximum atomic E-state index is 11.9. The molecule has 0 heterocycles. The number of hydrogen-bond acceptors (Lipinski definition) is 4. The van der Waals surface area contributed by atoms with Gasteiger partial charge in [0.2, 0.25) is 0 Å². The van der Waals surface area contributed by atoms with Gasteiger partial charge in [0, 0.05) is 5.92 Å². The van der Waals surface area contributed by atoms with Crippen molar-refractivity contribution in [2.75, 3.05) is 13.2 Å². The summed E-state index contributed by atoms with van der Waals surface area (Å²) in [7, 11) is 0. The molecule has 4 nitrogen and oxygen atoms in total. The molecular weight excluding hydrogens is 232 g/mol. The summed E-state index contributed by atoms with van der Waals surface area (Å²) in [5.74, 6) is -2.36. The van der Waals surface area contributed by atoms with Crippen LogP contribution in [0.25, 0.3) is 0 Å². The lowest BCUT2D eigenvalue weighted by Gasteiger charge is -2.18. The van der Waals surface area contributed by atoms with Crippen molar-refractivity contribution in [2.45, 2.75) is 13.8 Å². The predicted molar refractivity (Wildman–Crippen MR) is 67.7 cm³/mol. The smallest absolute Gasteiger partial charge is 0.321 e. The summed E-state index contributed by atoms with van der Waals surface area (Å²) in [4.78, 5) is 23.7.